The zero-order chi connectivity index (χ0) is 15.5. The fourth-order valence-electron chi connectivity index (χ4n) is 2.60. The first-order valence-electron chi connectivity index (χ1n) is 6.91. The molecule has 3 N–H and O–H groups in total. The van der Waals surface area contributed by atoms with Crippen molar-refractivity contribution in [2.24, 2.45) is 0 Å². The first-order chi connectivity index (χ1) is 9.97. The number of nitrogens with zero attached hydrogens (tertiary/aromatic N) is 1. The van der Waals surface area contributed by atoms with Crippen LogP contribution >= 0.6 is 11.8 Å². The number of nitrogen functional groups attached to an aromatic ring is 1. The predicted molar refractivity (Wildman–Crippen MR) is 85.4 cm³/mol. The van der Waals surface area contributed by atoms with Gasteiger partial charge in [-0.2, -0.15) is 17.0 Å². The molecule has 21 heavy (non-hydrogen) atoms. The maximum Gasteiger partial charge on any atom is 0.242 e. The summed E-state index contributed by atoms with van der Waals surface area (Å²) in [6.07, 6.45) is 2.93. The molecular formula is C14H19N3O2S2. The predicted octanol–water partition coefficient (Wildman–Crippen LogP) is 2.09. The van der Waals surface area contributed by atoms with E-state index in [1.54, 1.807) is 11.8 Å². The summed E-state index contributed by atoms with van der Waals surface area (Å²) in [4.78, 5) is 0.0497. The monoisotopic (exact) mass is 325 g/mol. The van der Waals surface area contributed by atoms with E-state index in [0.717, 1.165) is 25.0 Å². The molecule has 0 amide bonds. The van der Waals surface area contributed by atoms with Crippen LogP contribution in [0, 0.1) is 11.3 Å². The number of nitriles is 1. The number of nitrogens with two attached hydrogens (primary N) is 1. The van der Waals surface area contributed by atoms with Crippen molar-refractivity contribution >= 4 is 27.5 Å². The number of benzene rings is 1. The second kappa shape index (κ2) is 6.69. The number of thioether (sulfide) groups is 1. The first-order valence-corrected chi connectivity index (χ1v) is 9.44. The third-order valence-corrected chi connectivity index (χ3v) is 6.46. The van der Waals surface area contributed by atoms with Gasteiger partial charge in [-0.15, -0.1) is 0 Å². The molecule has 1 saturated carbocycles. The minimum Gasteiger partial charge on any atom is -0.398 e. The van der Waals surface area contributed by atoms with Crippen molar-refractivity contribution in [1.29, 1.82) is 5.26 Å². The third kappa shape index (κ3) is 3.70. The van der Waals surface area contributed by atoms with Gasteiger partial charge in [0.05, 0.1) is 17.3 Å². The average molecular weight is 325 g/mol. The molecule has 2 rings (SSSR count). The molecular weight excluding hydrogens is 306 g/mol. The maximum absolute atomic E-state index is 12.5. The largest absolute Gasteiger partial charge is 0.398 e. The molecule has 114 valence electrons. The fourth-order valence-corrected chi connectivity index (χ4v) is 5.31. The summed E-state index contributed by atoms with van der Waals surface area (Å²) in [5, 5.41) is 9.13. The molecule has 0 aromatic heterocycles. The number of sulfonamides is 1. The van der Waals surface area contributed by atoms with Gasteiger partial charge in [-0.25, -0.2) is 13.1 Å². The van der Waals surface area contributed by atoms with Crippen LogP contribution in [0.4, 0.5) is 5.69 Å². The molecule has 1 aliphatic carbocycles. The number of rotatable bonds is 5. The van der Waals surface area contributed by atoms with Crippen molar-refractivity contribution in [3.63, 3.8) is 0 Å². The number of anilines is 1. The van der Waals surface area contributed by atoms with Gasteiger partial charge < -0.3 is 5.73 Å². The van der Waals surface area contributed by atoms with Crippen LogP contribution in [0.3, 0.4) is 0 Å². The van der Waals surface area contributed by atoms with Crippen LogP contribution in [0.25, 0.3) is 0 Å². The van der Waals surface area contributed by atoms with E-state index in [1.165, 1.54) is 18.2 Å². The molecule has 7 heteroatoms. The molecule has 0 heterocycles. The van der Waals surface area contributed by atoms with Gasteiger partial charge in [-0.1, -0.05) is 13.3 Å². The maximum atomic E-state index is 12.5. The van der Waals surface area contributed by atoms with Gasteiger partial charge in [0.15, 0.2) is 0 Å². The summed E-state index contributed by atoms with van der Waals surface area (Å²) >= 11 is 1.79. The second-order valence-corrected chi connectivity index (χ2v) is 8.22. The topological polar surface area (TPSA) is 96.0 Å². The van der Waals surface area contributed by atoms with E-state index in [2.05, 4.69) is 11.6 Å². The smallest absolute Gasteiger partial charge is 0.242 e. The molecule has 2 atom stereocenters. The Morgan fingerprint density at radius 2 is 2.24 bits per heavy atom. The Morgan fingerprint density at radius 1 is 1.48 bits per heavy atom. The highest BCUT2D eigenvalue weighted by molar-refractivity contribution is 8.00. The molecule has 1 fully saturated rings. The molecule has 0 saturated heterocycles. The molecule has 5 nitrogen and oxygen atoms in total. The van der Waals surface area contributed by atoms with Crippen LogP contribution in [0.2, 0.25) is 0 Å². The van der Waals surface area contributed by atoms with Crippen molar-refractivity contribution in [1.82, 2.24) is 4.72 Å². The SMILES string of the molecule is CCSC1CCCC1NS(=O)(=O)c1ccc(C#N)cc1N. The van der Waals surface area contributed by atoms with Crippen LogP contribution in [0.5, 0.6) is 0 Å². The van der Waals surface area contributed by atoms with Crippen molar-refractivity contribution in [2.45, 2.75) is 42.4 Å². The van der Waals surface area contributed by atoms with Crippen LogP contribution < -0.4 is 10.5 Å². The summed E-state index contributed by atoms with van der Waals surface area (Å²) in [6.45, 7) is 2.08. The van der Waals surface area contributed by atoms with Crippen LogP contribution in [0.1, 0.15) is 31.7 Å². The van der Waals surface area contributed by atoms with E-state index in [9.17, 15) is 8.42 Å². The molecule has 1 aromatic carbocycles. The average Bonchev–Trinajstić information content (AvgIpc) is 2.85. The van der Waals surface area contributed by atoms with E-state index < -0.39 is 10.0 Å². The third-order valence-electron chi connectivity index (χ3n) is 3.57. The zero-order valence-corrected chi connectivity index (χ0v) is 13.5. The number of hydrogen-bond acceptors (Lipinski definition) is 5. The van der Waals surface area contributed by atoms with Gasteiger partial charge in [0.25, 0.3) is 0 Å². The lowest BCUT2D eigenvalue weighted by Gasteiger charge is -2.20. The Hall–Kier alpha value is -1.23. The van der Waals surface area contributed by atoms with Gasteiger partial charge in [-0.3, -0.25) is 0 Å². The lowest BCUT2D eigenvalue weighted by Crippen LogP contribution is -2.39. The van der Waals surface area contributed by atoms with Crippen molar-refractivity contribution in [3.8, 4) is 6.07 Å². The highest BCUT2D eigenvalue weighted by Gasteiger charge is 2.31. The van der Waals surface area contributed by atoms with Crippen LogP contribution in [0.15, 0.2) is 23.1 Å². The quantitative estimate of drug-likeness (QED) is 0.808. The van der Waals surface area contributed by atoms with Gasteiger partial charge in [0.2, 0.25) is 10.0 Å². The standard InChI is InChI=1S/C14H19N3O2S2/c1-2-20-13-5-3-4-12(13)17-21(18,19)14-7-6-10(9-15)8-11(14)16/h6-8,12-13,17H,2-5,16H2,1H3. The van der Waals surface area contributed by atoms with Crippen molar-refractivity contribution in [2.75, 3.05) is 11.5 Å². The molecule has 0 aliphatic heterocycles. The minimum atomic E-state index is -3.65. The lowest BCUT2D eigenvalue weighted by atomic mass is 10.2. The van der Waals surface area contributed by atoms with E-state index in [4.69, 9.17) is 11.0 Å². The summed E-state index contributed by atoms with van der Waals surface area (Å²) in [6, 6.07) is 6.15. The summed E-state index contributed by atoms with van der Waals surface area (Å²) in [7, 11) is -3.65. The first kappa shape index (κ1) is 16.1. The van der Waals surface area contributed by atoms with Crippen molar-refractivity contribution < 1.29 is 8.42 Å². The molecule has 0 spiro atoms. The summed E-state index contributed by atoms with van der Waals surface area (Å²) < 4.78 is 27.7. The number of hydrogen-bond donors (Lipinski definition) is 2. The van der Waals surface area contributed by atoms with Gasteiger partial charge in [0.1, 0.15) is 4.90 Å². The molecule has 0 bridgehead atoms. The lowest BCUT2D eigenvalue weighted by molar-refractivity contribution is 0.555. The highest BCUT2D eigenvalue weighted by atomic mass is 32.2. The molecule has 1 aliphatic rings. The summed E-state index contributed by atoms with van der Waals surface area (Å²) in [5.74, 6) is 0.974. The highest BCUT2D eigenvalue weighted by Crippen LogP contribution is 2.31. The second-order valence-electron chi connectivity index (χ2n) is 5.02. The van der Waals surface area contributed by atoms with Gasteiger partial charge >= 0.3 is 0 Å². The van der Waals surface area contributed by atoms with Crippen LogP contribution in [-0.4, -0.2) is 25.5 Å². The molecule has 0 radical (unpaired) electrons. The normalized spacial score (nSPS) is 22.1. The van der Waals surface area contributed by atoms with E-state index >= 15 is 0 Å². The molecule has 2 unspecified atom stereocenters. The van der Waals surface area contributed by atoms with Crippen molar-refractivity contribution in [3.05, 3.63) is 23.8 Å². The van der Waals surface area contributed by atoms with Gasteiger partial charge in [-0.05, 0) is 36.8 Å². The van der Waals surface area contributed by atoms with E-state index in [1.807, 2.05) is 6.07 Å². The Labute approximate surface area is 130 Å². The molecule has 1 aromatic rings. The Bertz CT molecular complexity index is 653. The van der Waals surface area contributed by atoms with E-state index in [0.29, 0.717) is 10.8 Å². The Kier molecular flexibility index (Phi) is 5.14. The van der Waals surface area contributed by atoms with Gasteiger partial charge in [0, 0.05) is 11.3 Å². The van der Waals surface area contributed by atoms with E-state index in [-0.39, 0.29) is 16.6 Å². The van der Waals surface area contributed by atoms with Crippen LogP contribution in [-0.2, 0) is 10.0 Å². The Balaban J connectivity index is 2.21. The summed E-state index contributed by atoms with van der Waals surface area (Å²) in [5.41, 5.74) is 6.24. The number of nitrogens with one attached hydrogen (secondary N) is 1. The fraction of sp³-hybridized carbons (Fsp3) is 0.500. The minimum absolute atomic E-state index is 0.0463. The Morgan fingerprint density at radius 3 is 2.86 bits per heavy atom. The zero-order valence-electron chi connectivity index (χ0n) is 11.9.